The lowest BCUT2D eigenvalue weighted by atomic mass is 10.1. The fourth-order valence-corrected chi connectivity index (χ4v) is 1.63. The van der Waals surface area contributed by atoms with Gasteiger partial charge in [0.05, 0.1) is 12.7 Å². The second kappa shape index (κ2) is 5.39. The number of anilines is 1. The minimum atomic E-state index is -0.540. The molecule has 0 bridgehead atoms. The molecular formula is C14H12FNO3. The zero-order chi connectivity index (χ0) is 13.8. The number of hydrogen-bond acceptors (Lipinski definition) is 3. The first-order chi connectivity index (χ1) is 9.11. The lowest BCUT2D eigenvalue weighted by Crippen LogP contribution is -2.12. The van der Waals surface area contributed by atoms with Crippen LogP contribution < -0.4 is 10.1 Å². The molecule has 2 rings (SSSR count). The van der Waals surface area contributed by atoms with E-state index in [1.165, 1.54) is 37.4 Å². The Balaban J connectivity index is 2.25. The topological polar surface area (TPSA) is 58.6 Å². The monoisotopic (exact) mass is 261 g/mol. The number of phenolic OH excluding ortho intramolecular Hbond substituents is 1. The van der Waals surface area contributed by atoms with Crippen LogP contribution in [0.2, 0.25) is 0 Å². The van der Waals surface area contributed by atoms with Gasteiger partial charge in [-0.3, -0.25) is 4.79 Å². The number of aromatic hydroxyl groups is 1. The van der Waals surface area contributed by atoms with Crippen molar-refractivity contribution in [2.75, 3.05) is 12.4 Å². The summed E-state index contributed by atoms with van der Waals surface area (Å²) < 4.78 is 17.9. The number of nitrogens with one attached hydrogen (secondary N) is 1. The van der Waals surface area contributed by atoms with Gasteiger partial charge in [-0.1, -0.05) is 12.1 Å². The van der Waals surface area contributed by atoms with Gasteiger partial charge in [0.25, 0.3) is 5.91 Å². The molecule has 19 heavy (non-hydrogen) atoms. The van der Waals surface area contributed by atoms with Crippen molar-refractivity contribution in [2.45, 2.75) is 0 Å². The van der Waals surface area contributed by atoms with Gasteiger partial charge in [-0.2, -0.15) is 0 Å². The van der Waals surface area contributed by atoms with Gasteiger partial charge in [0.2, 0.25) is 0 Å². The highest BCUT2D eigenvalue weighted by Gasteiger charge is 2.14. The molecule has 0 spiro atoms. The van der Waals surface area contributed by atoms with Crippen LogP contribution in [0.25, 0.3) is 0 Å². The molecular weight excluding hydrogens is 249 g/mol. The first-order valence-electron chi connectivity index (χ1n) is 5.54. The quantitative estimate of drug-likeness (QED) is 0.893. The van der Waals surface area contributed by atoms with Gasteiger partial charge in [-0.05, 0) is 30.3 Å². The summed E-state index contributed by atoms with van der Waals surface area (Å²) in [6.07, 6.45) is 0. The van der Waals surface area contributed by atoms with Crippen LogP contribution in [0.3, 0.4) is 0 Å². The Kier molecular flexibility index (Phi) is 3.66. The van der Waals surface area contributed by atoms with E-state index in [9.17, 15) is 14.3 Å². The van der Waals surface area contributed by atoms with Crippen molar-refractivity contribution in [2.24, 2.45) is 0 Å². The average molecular weight is 261 g/mol. The minimum absolute atomic E-state index is 0.0589. The predicted octanol–water partition coefficient (Wildman–Crippen LogP) is 2.79. The molecule has 1 amide bonds. The predicted molar refractivity (Wildman–Crippen MR) is 69.0 cm³/mol. The number of phenols is 1. The molecule has 0 aromatic heterocycles. The van der Waals surface area contributed by atoms with Gasteiger partial charge in [-0.15, -0.1) is 0 Å². The Hall–Kier alpha value is -2.56. The largest absolute Gasteiger partial charge is 0.504 e. The summed E-state index contributed by atoms with van der Waals surface area (Å²) in [5.41, 5.74) is 0.371. The number of para-hydroxylation sites is 1. The molecule has 0 radical (unpaired) electrons. The number of amides is 1. The van der Waals surface area contributed by atoms with Crippen LogP contribution in [0.5, 0.6) is 11.5 Å². The summed E-state index contributed by atoms with van der Waals surface area (Å²) in [5, 5.41) is 12.3. The fourth-order valence-electron chi connectivity index (χ4n) is 1.63. The van der Waals surface area contributed by atoms with E-state index in [-0.39, 0.29) is 17.1 Å². The van der Waals surface area contributed by atoms with Gasteiger partial charge in [0.1, 0.15) is 5.82 Å². The van der Waals surface area contributed by atoms with Crippen molar-refractivity contribution >= 4 is 11.6 Å². The van der Waals surface area contributed by atoms with Crippen molar-refractivity contribution in [3.63, 3.8) is 0 Å². The molecule has 0 unspecified atom stereocenters. The van der Waals surface area contributed by atoms with Crippen molar-refractivity contribution in [3.8, 4) is 11.5 Å². The number of ether oxygens (including phenoxy) is 1. The molecule has 98 valence electrons. The van der Waals surface area contributed by atoms with E-state index in [2.05, 4.69) is 5.32 Å². The lowest BCUT2D eigenvalue weighted by molar-refractivity contribution is 0.102. The summed E-state index contributed by atoms with van der Waals surface area (Å²) in [6.45, 7) is 0. The summed E-state index contributed by atoms with van der Waals surface area (Å²) in [4.78, 5) is 12.0. The molecule has 0 saturated heterocycles. The fraction of sp³-hybridized carbons (Fsp3) is 0.0714. The number of carbonyl (C=O) groups is 1. The molecule has 4 nitrogen and oxygen atoms in total. The molecule has 2 aromatic rings. The second-order valence-electron chi connectivity index (χ2n) is 3.82. The van der Waals surface area contributed by atoms with E-state index >= 15 is 0 Å². The van der Waals surface area contributed by atoms with Crippen LogP contribution in [0.4, 0.5) is 10.1 Å². The normalized spacial score (nSPS) is 10.0. The average Bonchev–Trinajstić information content (AvgIpc) is 2.39. The van der Waals surface area contributed by atoms with E-state index in [1.807, 2.05) is 0 Å². The molecule has 0 heterocycles. The van der Waals surface area contributed by atoms with Crippen LogP contribution in [0.15, 0.2) is 42.5 Å². The zero-order valence-electron chi connectivity index (χ0n) is 10.2. The van der Waals surface area contributed by atoms with E-state index in [0.29, 0.717) is 5.69 Å². The highest BCUT2D eigenvalue weighted by atomic mass is 19.1. The van der Waals surface area contributed by atoms with Crippen LogP contribution in [-0.2, 0) is 0 Å². The third-order valence-electron chi connectivity index (χ3n) is 2.55. The smallest absolute Gasteiger partial charge is 0.259 e. The number of hydrogen-bond donors (Lipinski definition) is 2. The number of carbonyl (C=O) groups excluding carboxylic acids is 1. The first-order valence-corrected chi connectivity index (χ1v) is 5.54. The first kappa shape index (κ1) is 12.9. The Bertz CT molecular complexity index is 613. The SMILES string of the molecule is COc1cccc(C(=O)Nc2cccc(F)c2)c1O. The highest BCUT2D eigenvalue weighted by Crippen LogP contribution is 2.29. The summed E-state index contributed by atoms with van der Waals surface area (Å²) in [6, 6.07) is 10.1. The Morgan fingerprint density at radius 1 is 1.26 bits per heavy atom. The number of halogens is 1. The zero-order valence-corrected chi connectivity index (χ0v) is 10.2. The second-order valence-corrected chi connectivity index (χ2v) is 3.82. The Labute approximate surface area is 109 Å². The maximum absolute atomic E-state index is 13.0. The molecule has 2 N–H and O–H groups in total. The van der Waals surface area contributed by atoms with Gasteiger partial charge < -0.3 is 15.2 Å². The summed E-state index contributed by atoms with van der Waals surface area (Å²) >= 11 is 0. The maximum atomic E-state index is 13.0. The molecule has 2 aromatic carbocycles. The summed E-state index contributed by atoms with van der Waals surface area (Å²) in [7, 11) is 1.39. The van der Waals surface area contributed by atoms with Crippen LogP contribution in [0, 0.1) is 5.82 Å². The Morgan fingerprint density at radius 3 is 2.68 bits per heavy atom. The van der Waals surface area contributed by atoms with E-state index in [1.54, 1.807) is 12.1 Å². The molecule has 0 aliphatic carbocycles. The summed E-state index contributed by atoms with van der Waals surface area (Å²) in [5.74, 6) is -1.04. The van der Waals surface area contributed by atoms with Crippen molar-refractivity contribution in [1.82, 2.24) is 0 Å². The molecule has 0 saturated carbocycles. The maximum Gasteiger partial charge on any atom is 0.259 e. The van der Waals surface area contributed by atoms with Crippen LogP contribution in [0.1, 0.15) is 10.4 Å². The molecule has 5 heteroatoms. The number of benzene rings is 2. The van der Waals surface area contributed by atoms with Gasteiger partial charge in [0.15, 0.2) is 11.5 Å². The van der Waals surface area contributed by atoms with E-state index in [4.69, 9.17) is 4.74 Å². The highest BCUT2D eigenvalue weighted by molar-refractivity contribution is 6.06. The molecule has 0 aliphatic heterocycles. The van der Waals surface area contributed by atoms with E-state index < -0.39 is 11.7 Å². The van der Waals surface area contributed by atoms with Gasteiger partial charge >= 0.3 is 0 Å². The lowest BCUT2D eigenvalue weighted by Gasteiger charge is -2.09. The standard InChI is InChI=1S/C14H12FNO3/c1-19-12-7-3-6-11(13(12)17)14(18)16-10-5-2-4-9(15)8-10/h2-8,17H,1H3,(H,16,18). The minimum Gasteiger partial charge on any atom is -0.504 e. The molecule has 0 aliphatic rings. The Morgan fingerprint density at radius 2 is 2.00 bits per heavy atom. The number of rotatable bonds is 3. The van der Waals surface area contributed by atoms with Crippen LogP contribution in [-0.4, -0.2) is 18.1 Å². The van der Waals surface area contributed by atoms with Gasteiger partial charge in [0, 0.05) is 5.69 Å². The molecule has 0 fully saturated rings. The number of methoxy groups -OCH3 is 1. The third kappa shape index (κ3) is 2.82. The van der Waals surface area contributed by atoms with Crippen molar-refractivity contribution < 1.29 is 19.0 Å². The third-order valence-corrected chi connectivity index (χ3v) is 2.55. The molecule has 0 atom stereocenters. The van der Waals surface area contributed by atoms with Crippen molar-refractivity contribution in [3.05, 3.63) is 53.8 Å². The van der Waals surface area contributed by atoms with Crippen molar-refractivity contribution in [1.29, 1.82) is 0 Å². The van der Waals surface area contributed by atoms with Gasteiger partial charge in [-0.25, -0.2) is 4.39 Å². The van der Waals surface area contributed by atoms with Crippen LogP contribution >= 0.6 is 0 Å². The van der Waals surface area contributed by atoms with E-state index in [0.717, 1.165) is 0 Å².